The Labute approximate surface area is 130 Å². The molecule has 0 aliphatic rings. The first-order chi connectivity index (χ1) is 9.99. The molecular formula is C15H23N3O2S. The summed E-state index contributed by atoms with van der Waals surface area (Å²) < 4.78 is 0. The number of anilines is 1. The third-order valence-corrected chi connectivity index (χ3v) is 4.06. The molecule has 0 bridgehead atoms. The van der Waals surface area contributed by atoms with Crippen LogP contribution in [-0.2, 0) is 4.79 Å². The standard InChI is InChI=1S/C15H23N3O2S/c1-4-13(10-21-3)18(2)14(19)9-17-15(20)11-5-7-12(16)8-6-11/h5-8,13H,4,9-10,16H2,1-3H3,(H,17,20). The lowest BCUT2D eigenvalue weighted by molar-refractivity contribution is -0.130. The van der Waals surface area contributed by atoms with Crippen LogP contribution in [0.2, 0.25) is 0 Å². The van der Waals surface area contributed by atoms with Crippen LogP contribution in [0.5, 0.6) is 0 Å². The topological polar surface area (TPSA) is 75.4 Å². The summed E-state index contributed by atoms with van der Waals surface area (Å²) in [5.41, 5.74) is 6.67. The van der Waals surface area contributed by atoms with Crippen molar-refractivity contribution >= 4 is 29.3 Å². The molecule has 21 heavy (non-hydrogen) atoms. The highest BCUT2D eigenvalue weighted by Crippen LogP contribution is 2.08. The molecule has 0 aromatic heterocycles. The Hall–Kier alpha value is -1.69. The number of likely N-dealkylation sites (N-methyl/N-ethyl adjacent to an activating group) is 1. The van der Waals surface area contributed by atoms with Crippen LogP contribution in [0, 0.1) is 0 Å². The number of carbonyl (C=O) groups excluding carboxylic acids is 2. The summed E-state index contributed by atoms with van der Waals surface area (Å²) in [6.45, 7) is 2.06. The fraction of sp³-hybridized carbons (Fsp3) is 0.467. The normalized spacial score (nSPS) is 11.8. The predicted molar refractivity (Wildman–Crippen MR) is 88.4 cm³/mol. The average molecular weight is 309 g/mol. The Morgan fingerprint density at radius 2 is 1.95 bits per heavy atom. The smallest absolute Gasteiger partial charge is 0.251 e. The summed E-state index contributed by atoms with van der Waals surface area (Å²) in [6.07, 6.45) is 2.92. The fourth-order valence-corrected chi connectivity index (χ4v) is 2.76. The van der Waals surface area contributed by atoms with Crippen molar-refractivity contribution in [3.05, 3.63) is 29.8 Å². The molecule has 1 atom stereocenters. The van der Waals surface area contributed by atoms with E-state index < -0.39 is 0 Å². The molecule has 0 aliphatic heterocycles. The first-order valence-electron chi connectivity index (χ1n) is 6.87. The minimum Gasteiger partial charge on any atom is -0.399 e. The van der Waals surface area contributed by atoms with Gasteiger partial charge >= 0.3 is 0 Å². The summed E-state index contributed by atoms with van der Waals surface area (Å²) in [5, 5.41) is 2.64. The second-order valence-electron chi connectivity index (χ2n) is 4.83. The number of nitrogen functional groups attached to an aromatic ring is 1. The fourth-order valence-electron chi connectivity index (χ4n) is 1.92. The van der Waals surface area contributed by atoms with Gasteiger partial charge < -0.3 is 16.0 Å². The van der Waals surface area contributed by atoms with E-state index in [9.17, 15) is 9.59 Å². The zero-order valence-electron chi connectivity index (χ0n) is 12.8. The molecule has 5 nitrogen and oxygen atoms in total. The van der Waals surface area contributed by atoms with Crippen LogP contribution in [0.3, 0.4) is 0 Å². The Morgan fingerprint density at radius 3 is 2.48 bits per heavy atom. The van der Waals surface area contributed by atoms with E-state index in [1.165, 1.54) is 0 Å². The second-order valence-corrected chi connectivity index (χ2v) is 5.74. The molecule has 6 heteroatoms. The van der Waals surface area contributed by atoms with Crippen molar-refractivity contribution in [2.24, 2.45) is 0 Å². The van der Waals surface area contributed by atoms with Gasteiger partial charge in [-0.15, -0.1) is 0 Å². The molecular weight excluding hydrogens is 286 g/mol. The molecule has 0 fully saturated rings. The molecule has 1 unspecified atom stereocenters. The number of hydrogen-bond donors (Lipinski definition) is 2. The molecule has 0 aliphatic carbocycles. The van der Waals surface area contributed by atoms with Gasteiger partial charge in [0.15, 0.2) is 0 Å². The minimum atomic E-state index is -0.269. The zero-order chi connectivity index (χ0) is 15.8. The number of nitrogens with two attached hydrogens (primary N) is 1. The van der Waals surface area contributed by atoms with E-state index in [1.54, 1.807) is 48.0 Å². The first kappa shape index (κ1) is 17.4. The Kier molecular flexibility index (Phi) is 7.08. The van der Waals surface area contributed by atoms with E-state index >= 15 is 0 Å². The molecule has 1 aromatic carbocycles. The number of amides is 2. The molecule has 2 amide bonds. The van der Waals surface area contributed by atoms with Crippen LogP contribution in [0.4, 0.5) is 5.69 Å². The van der Waals surface area contributed by atoms with Crippen molar-refractivity contribution < 1.29 is 9.59 Å². The van der Waals surface area contributed by atoms with Crippen molar-refractivity contribution in [2.45, 2.75) is 19.4 Å². The van der Waals surface area contributed by atoms with Crippen molar-refractivity contribution in [3.63, 3.8) is 0 Å². The Balaban J connectivity index is 2.51. The van der Waals surface area contributed by atoms with Gasteiger partial charge in [-0.05, 0) is 36.9 Å². The zero-order valence-corrected chi connectivity index (χ0v) is 13.6. The van der Waals surface area contributed by atoms with Crippen LogP contribution in [-0.4, -0.2) is 48.4 Å². The Morgan fingerprint density at radius 1 is 1.33 bits per heavy atom. The molecule has 0 radical (unpaired) electrons. The maximum atomic E-state index is 12.1. The number of hydrogen-bond acceptors (Lipinski definition) is 4. The summed E-state index contributed by atoms with van der Waals surface area (Å²) in [5.74, 6) is 0.541. The molecule has 1 aromatic rings. The van der Waals surface area contributed by atoms with Gasteiger partial charge in [0.25, 0.3) is 5.91 Å². The average Bonchev–Trinajstić information content (AvgIpc) is 2.49. The van der Waals surface area contributed by atoms with Crippen LogP contribution in [0.1, 0.15) is 23.7 Å². The molecule has 116 valence electrons. The highest BCUT2D eigenvalue weighted by atomic mass is 32.2. The maximum absolute atomic E-state index is 12.1. The van der Waals surface area contributed by atoms with E-state index in [2.05, 4.69) is 12.2 Å². The van der Waals surface area contributed by atoms with Gasteiger partial charge in [-0.1, -0.05) is 6.92 Å². The lowest BCUT2D eigenvalue weighted by atomic mass is 10.2. The number of nitrogens with zero attached hydrogens (tertiary/aromatic N) is 1. The van der Waals surface area contributed by atoms with Gasteiger partial charge in [-0.25, -0.2) is 0 Å². The van der Waals surface area contributed by atoms with Crippen LogP contribution in [0.15, 0.2) is 24.3 Å². The monoisotopic (exact) mass is 309 g/mol. The predicted octanol–water partition coefficient (Wildman–Crippen LogP) is 1.60. The number of thioether (sulfide) groups is 1. The van der Waals surface area contributed by atoms with Gasteiger partial charge in [-0.2, -0.15) is 11.8 Å². The molecule has 0 heterocycles. The maximum Gasteiger partial charge on any atom is 0.251 e. The van der Waals surface area contributed by atoms with Gasteiger partial charge in [-0.3, -0.25) is 9.59 Å². The Bertz CT molecular complexity index is 476. The van der Waals surface area contributed by atoms with Gasteiger partial charge in [0.1, 0.15) is 0 Å². The molecule has 3 N–H and O–H groups in total. The third-order valence-electron chi connectivity index (χ3n) is 3.34. The van der Waals surface area contributed by atoms with E-state index in [1.807, 2.05) is 6.26 Å². The first-order valence-corrected chi connectivity index (χ1v) is 8.27. The van der Waals surface area contributed by atoms with Gasteiger partial charge in [0.05, 0.1) is 6.54 Å². The van der Waals surface area contributed by atoms with Crippen molar-refractivity contribution in [1.82, 2.24) is 10.2 Å². The number of carbonyl (C=O) groups is 2. The quantitative estimate of drug-likeness (QED) is 0.750. The summed E-state index contributed by atoms with van der Waals surface area (Å²) >= 11 is 1.71. The summed E-state index contributed by atoms with van der Waals surface area (Å²) in [7, 11) is 1.78. The number of benzene rings is 1. The summed E-state index contributed by atoms with van der Waals surface area (Å²) in [6, 6.07) is 6.80. The molecule has 1 rings (SSSR count). The van der Waals surface area contributed by atoms with Gasteiger partial charge in [0.2, 0.25) is 5.91 Å². The largest absolute Gasteiger partial charge is 0.399 e. The second kappa shape index (κ2) is 8.56. The van der Waals surface area contributed by atoms with Crippen molar-refractivity contribution in [3.8, 4) is 0 Å². The van der Waals surface area contributed by atoms with Crippen molar-refractivity contribution in [1.29, 1.82) is 0 Å². The SMILES string of the molecule is CCC(CSC)N(C)C(=O)CNC(=O)c1ccc(N)cc1. The van der Waals surface area contributed by atoms with E-state index in [-0.39, 0.29) is 24.4 Å². The van der Waals surface area contributed by atoms with Crippen molar-refractivity contribution in [2.75, 3.05) is 31.3 Å². The number of rotatable bonds is 7. The summed E-state index contributed by atoms with van der Waals surface area (Å²) in [4.78, 5) is 25.7. The lowest BCUT2D eigenvalue weighted by Gasteiger charge is -2.26. The lowest BCUT2D eigenvalue weighted by Crippen LogP contribution is -2.44. The highest BCUT2D eigenvalue weighted by molar-refractivity contribution is 7.98. The van der Waals surface area contributed by atoms with Crippen LogP contribution < -0.4 is 11.1 Å². The van der Waals surface area contributed by atoms with E-state index in [0.29, 0.717) is 11.3 Å². The molecule has 0 saturated carbocycles. The van der Waals surface area contributed by atoms with E-state index in [4.69, 9.17) is 5.73 Å². The van der Waals surface area contributed by atoms with E-state index in [0.717, 1.165) is 12.2 Å². The number of nitrogens with one attached hydrogen (secondary N) is 1. The third kappa shape index (κ3) is 5.30. The molecule has 0 spiro atoms. The van der Waals surface area contributed by atoms with Gasteiger partial charge in [0, 0.05) is 30.1 Å². The van der Waals surface area contributed by atoms with Crippen LogP contribution in [0.25, 0.3) is 0 Å². The highest BCUT2D eigenvalue weighted by Gasteiger charge is 2.18. The molecule has 0 saturated heterocycles. The van der Waals surface area contributed by atoms with Crippen LogP contribution >= 0.6 is 11.8 Å². The minimum absolute atomic E-state index is 0.00455.